The van der Waals surface area contributed by atoms with Gasteiger partial charge in [-0.3, -0.25) is 37.3 Å². The third-order valence-corrected chi connectivity index (χ3v) is 20.8. The highest BCUT2D eigenvalue weighted by molar-refractivity contribution is 7.47. The Kier molecular flexibility index (Phi) is 67.8. The van der Waals surface area contributed by atoms with Gasteiger partial charge in [0.15, 0.2) is 12.2 Å². The third-order valence-electron chi connectivity index (χ3n) is 18.9. The molecular formula is C80H156O17P2. The summed E-state index contributed by atoms with van der Waals surface area (Å²) in [5, 5.41) is 10.6. The molecule has 19 heteroatoms. The average Bonchev–Trinajstić information content (AvgIpc) is 1.36. The van der Waals surface area contributed by atoms with Crippen molar-refractivity contribution in [3.8, 4) is 0 Å². The number of unbranched alkanes of at least 4 members (excludes halogenated alkanes) is 42. The van der Waals surface area contributed by atoms with Crippen LogP contribution in [0.5, 0.6) is 0 Å². The molecule has 6 atom stereocenters. The molecule has 0 saturated heterocycles. The number of aliphatic hydroxyl groups excluding tert-OH is 1. The molecule has 0 fully saturated rings. The van der Waals surface area contributed by atoms with Crippen LogP contribution in [-0.2, 0) is 65.4 Å². The summed E-state index contributed by atoms with van der Waals surface area (Å²) in [6.45, 7) is 14.2. The molecule has 0 saturated carbocycles. The van der Waals surface area contributed by atoms with Crippen molar-refractivity contribution < 1.29 is 80.2 Å². The molecule has 588 valence electrons. The molecule has 3 N–H and O–H groups in total. The molecule has 0 heterocycles. The lowest BCUT2D eigenvalue weighted by Gasteiger charge is -2.21. The maximum atomic E-state index is 13.1. The van der Waals surface area contributed by atoms with Crippen LogP contribution in [0.3, 0.4) is 0 Å². The minimum absolute atomic E-state index is 0.103. The second-order valence-electron chi connectivity index (χ2n) is 30.5. The Morgan fingerprint density at radius 3 is 0.717 bits per heavy atom. The molecule has 17 nitrogen and oxygen atoms in total. The van der Waals surface area contributed by atoms with Gasteiger partial charge < -0.3 is 33.8 Å². The van der Waals surface area contributed by atoms with Gasteiger partial charge in [0.05, 0.1) is 26.4 Å². The first-order chi connectivity index (χ1) is 47.6. The summed E-state index contributed by atoms with van der Waals surface area (Å²) in [7, 11) is -9.92. The van der Waals surface area contributed by atoms with Crippen molar-refractivity contribution in [2.75, 3.05) is 39.6 Å². The molecule has 0 aromatic heterocycles. The molecule has 4 unspecified atom stereocenters. The Balaban J connectivity index is 5.18. The fourth-order valence-electron chi connectivity index (χ4n) is 12.2. The van der Waals surface area contributed by atoms with Crippen molar-refractivity contribution >= 4 is 39.5 Å². The van der Waals surface area contributed by atoms with E-state index in [0.29, 0.717) is 31.6 Å². The normalized spacial score (nSPS) is 14.3. The van der Waals surface area contributed by atoms with Crippen molar-refractivity contribution in [2.45, 2.75) is 427 Å². The second-order valence-corrected chi connectivity index (χ2v) is 33.4. The lowest BCUT2D eigenvalue weighted by Crippen LogP contribution is -2.30. The molecular weight excluding hydrogens is 1290 g/mol. The summed E-state index contributed by atoms with van der Waals surface area (Å²) in [5.74, 6) is 0.963. The molecule has 0 spiro atoms. The number of rotatable bonds is 77. The predicted molar refractivity (Wildman–Crippen MR) is 404 cm³/mol. The van der Waals surface area contributed by atoms with Gasteiger partial charge in [-0.15, -0.1) is 0 Å². The van der Waals surface area contributed by atoms with Crippen LogP contribution in [0.15, 0.2) is 0 Å². The van der Waals surface area contributed by atoms with E-state index < -0.39 is 97.5 Å². The van der Waals surface area contributed by atoms with Crippen molar-refractivity contribution in [1.29, 1.82) is 0 Å². The first kappa shape index (κ1) is 97.1. The maximum Gasteiger partial charge on any atom is 0.472 e. The van der Waals surface area contributed by atoms with Crippen LogP contribution in [0.4, 0.5) is 0 Å². The zero-order valence-corrected chi connectivity index (χ0v) is 66.9. The van der Waals surface area contributed by atoms with E-state index in [0.717, 1.165) is 108 Å². The van der Waals surface area contributed by atoms with Gasteiger partial charge in [0, 0.05) is 25.7 Å². The van der Waals surface area contributed by atoms with E-state index in [4.69, 9.17) is 37.0 Å². The number of hydrogen-bond donors (Lipinski definition) is 3. The molecule has 0 amide bonds. The molecule has 0 bridgehead atoms. The van der Waals surface area contributed by atoms with Gasteiger partial charge in [-0.05, 0) is 49.4 Å². The Bertz CT molecular complexity index is 1940. The Hall–Kier alpha value is -1.94. The summed E-state index contributed by atoms with van der Waals surface area (Å²) >= 11 is 0. The summed E-state index contributed by atoms with van der Waals surface area (Å²) in [4.78, 5) is 72.9. The highest BCUT2D eigenvalue weighted by atomic mass is 31.2. The van der Waals surface area contributed by atoms with E-state index in [1.54, 1.807) is 0 Å². The van der Waals surface area contributed by atoms with Crippen molar-refractivity contribution in [1.82, 2.24) is 0 Å². The summed E-state index contributed by atoms with van der Waals surface area (Å²) in [6.07, 6.45) is 55.7. The van der Waals surface area contributed by atoms with E-state index in [1.165, 1.54) is 212 Å². The maximum absolute atomic E-state index is 13.1. The number of ether oxygens (including phenoxy) is 4. The van der Waals surface area contributed by atoms with Gasteiger partial charge in [0.2, 0.25) is 0 Å². The van der Waals surface area contributed by atoms with Crippen LogP contribution in [0, 0.1) is 23.7 Å². The summed E-state index contributed by atoms with van der Waals surface area (Å²) in [5.41, 5.74) is 0. The highest BCUT2D eigenvalue weighted by Crippen LogP contribution is 2.45. The Morgan fingerprint density at radius 1 is 0.283 bits per heavy atom. The fourth-order valence-corrected chi connectivity index (χ4v) is 13.8. The van der Waals surface area contributed by atoms with E-state index in [2.05, 4.69) is 55.4 Å². The van der Waals surface area contributed by atoms with E-state index in [1.807, 2.05) is 0 Å². The largest absolute Gasteiger partial charge is 0.472 e. The number of carbonyl (C=O) groups excluding carboxylic acids is 4. The molecule has 0 aliphatic heterocycles. The lowest BCUT2D eigenvalue weighted by molar-refractivity contribution is -0.161. The predicted octanol–water partition coefficient (Wildman–Crippen LogP) is 23.6. The van der Waals surface area contributed by atoms with E-state index in [9.17, 15) is 43.2 Å². The van der Waals surface area contributed by atoms with Crippen LogP contribution < -0.4 is 0 Å². The molecule has 0 aromatic carbocycles. The number of esters is 4. The minimum Gasteiger partial charge on any atom is -0.462 e. The Morgan fingerprint density at radius 2 is 0.485 bits per heavy atom. The standard InChI is InChI=1S/C80H156O17P2/c1-9-73(8)59-51-43-35-26-22-18-14-12-10-11-13-15-19-23-27-36-44-52-60-77(82)90-66-75(96-79(84)62-54-46-38-28-24-20-16-17-21-25-32-40-48-56-70(2)3)68-94-98(86,87)92-64-74(81)65-93-99(88,89)95-69-76(97-80(85)63-55-47-39-31-34-42-50-58-72(6)7)67-91-78(83)61-53-45-37-30-29-33-41-49-57-71(4)5/h70-76,81H,9-69H2,1-8H3,(H,86,87)(H,88,89)/t73?,74?,75-,76-/m1/s1. The first-order valence-corrected chi connectivity index (χ1v) is 44.2. The summed E-state index contributed by atoms with van der Waals surface area (Å²) in [6, 6.07) is 0. The van der Waals surface area contributed by atoms with Crippen LogP contribution in [0.2, 0.25) is 0 Å². The number of phosphoric ester groups is 2. The smallest absolute Gasteiger partial charge is 0.462 e. The molecule has 0 aromatic rings. The van der Waals surface area contributed by atoms with Crippen molar-refractivity contribution in [3.05, 3.63) is 0 Å². The van der Waals surface area contributed by atoms with Crippen molar-refractivity contribution in [2.24, 2.45) is 23.7 Å². The number of hydrogen-bond acceptors (Lipinski definition) is 15. The number of carbonyl (C=O) groups is 4. The van der Waals surface area contributed by atoms with Gasteiger partial charge in [-0.25, -0.2) is 9.13 Å². The molecule has 0 aliphatic rings. The van der Waals surface area contributed by atoms with Crippen LogP contribution in [0.1, 0.15) is 409 Å². The van der Waals surface area contributed by atoms with Gasteiger partial charge in [-0.2, -0.15) is 0 Å². The summed E-state index contributed by atoms with van der Waals surface area (Å²) < 4.78 is 68.6. The van der Waals surface area contributed by atoms with Gasteiger partial charge >= 0.3 is 39.5 Å². The van der Waals surface area contributed by atoms with Crippen LogP contribution >= 0.6 is 15.6 Å². The zero-order valence-electron chi connectivity index (χ0n) is 65.1. The Labute approximate surface area is 607 Å². The third kappa shape index (κ3) is 72.8. The molecule has 0 radical (unpaired) electrons. The topological polar surface area (TPSA) is 237 Å². The van der Waals surface area contributed by atoms with Crippen molar-refractivity contribution in [3.63, 3.8) is 0 Å². The number of phosphoric acid groups is 2. The van der Waals surface area contributed by atoms with Crippen LogP contribution in [-0.4, -0.2) is 96.7 Å². The van der Waals surface area contributed by atoms with E-state index >= 15 is 0 Å². The minimum atomic E-state index is -4.96. The fraction of sp³-hybridized carbons (Fsp3) is 0.950. The number of aliphatic hydroxyl groups is 1. The molecule has 0 aliphatic carbocycles. The van der Waals surface area contributed by atoms with Gasteiger partial charge in [0.1, 0.15) is 19.3 Å². The van der Waals surface area contributed by atoms with Crippen LogP contribution in [0.25, 0.3) is 0 Å². The van der Waals surface area contributed by atoms with Gasteiger partial charge in [-0.1, -0.05) is 357 Å². The molecule has 99 heavy (non-hydrogen) atoms. The highest BCUT2D eigenvalue weighted by Gasteiger charge is 2.30. The zero-order chi connectivity index (χ0) is 73.1. The lowest BCUT2D eigenvalue weighted by atomic mass is 9.99. The first-order valence-electron chi connectivity index (χ1n) is 41.2. The SMILES string of the molecule is CCC(C)CCCCCCCCCCCCCCCCCCCCC(=O)OC[C@H](COP(=O)(O)OCC(O)COP(=O)(O)OC[C@@H](COC(=O)CCCCCCCCCCC(C)C)OC(=O)CCCCCCCCCC(C)C)OC(=O)CCCCCCCCCCCCCCCC(C)C. The second kappa shape index (κ2) is 69.1. The average molecular weight is 1450 g/mol. The van der Waals surface area contributed by atoms with Gasteiger partial charge in [0.25, 0.3) is 0 Å². The van der Waals surface area contributed by atoms with E-state index in [-0.39, 0.29) is 25.7 Å². The monoisotopic (exact) mass is 1450 g/mol. The quantitative estimate of drug-likeness (QED) is 0.0222. The molecule has 0 rings (SSSR count).